The molecule has 0 aromatic heterocycles. The molecule has 2 N–H and O–H groups in total. The maximum atomic E-state index is 10.7. The molecule has 0 aliphatic heterocycles. The molecule has 0 bridgehead atoms. The normalized spacial score (nSPS) is 17.9. The van der Waals surface area contributed by atoms with Crippen molar-refractivity contribution in [3.8, 4) is 0 Å². The van der Waals surface area contributed by atoms with E-state index in [2.05, 4.69) is 23.2 Å². The molecular formula is C10H22N2O2S. The molecule has 0 heterocycles. The summed E-state index contributed by atoms with van der Waals surface area (Å²) in [7, 11) is -3.04. The fourth-order valence-electron chi connectivity index (χ4n) is 1.62. The van der Waals surface area contributed by atoms with E-state index in [1.54, 1.807) is 0 Å². The van der Waals surface area contributed by atoms with E-state index in [1.807, 2.05) is 0 Å². The maximum Gasteiger partial charge on any atom is 0.209 e. The van der Waals surface area contributed by atoms with Crippen molar-refractivity contribution < 1.29 is 8.42 Å². The fraction of sp³-hybridized carbons (Fsp3) is 0.800. The summed E-state index contributed by atoms with van der Waals surface area (Å²) in [5.74, 6) is 0. The molecule has 0 radical (unpaired) electrons. The number of sulfonamides is 1. The standard InChI is InChI=1S/C8H18N2O2S.C2H4/c1-13(11,12)10-7-9-8-5-3-2-4-6-8;1-2/h8-10H,2-7H2,1H3;1-2H2. The molecule has 0 saturated heterocycles. The Morgan fingerprint density at radius 3 is 2.20 bits per heavy atom. The highest BCUT2D eigenvalue weighted by atomic mass is 32.2. The zero-order valence-corrected chi connectivity index (χ0v) is 10.3. The third-order valence-corrected chi connectivity index (χ3v) is 3.00. The minimum Gasteiger partial charge on any atom is -0.301 e. The average Bonchev–Trinajstić information content (AvgIpc) is 2.20. The minimum atomic E-state index is -3.04. The van der Waals surface area contributed by atoms with Crippen LogP contribution in [0.25, 0.3) is 0 Å². The highest BCUT2D eigenvalue weighted by Crippen LogP contribution is 2.16. The molecule has 1 aliphatic rings. The Balaban J connectivity index is 0.000000921. The first kappa shape index (κ1) is 14.6. The molecular weight excluding hydrogens is 212 g/mol. The molecule has 0 aromatic carbocycles. The van der Waals surface area contributed by atoms with Gasteiger partial charge < -0.3 is 5.32 Å². The van der Waals surface area contributed by atoms with E-state index < -0.39 is 10.0 Å². The van der Waals surface area contributed by atoms with Crippen molar-refractivity contribution in [2.75, 3.05) is 12.9 Å². The predicted octanol–water partition coefficient (Wildman–Crippen LogP) is 1.22. The summed E-state index contributed by atoms with van der Waals surface area (Å²) in [6.07, 6.45) is 7.36. The van der Waals surface area contributed by atoms with Crippen LogP contribution in [-0.2, 0) is 10.0 Å². The van der Waals surface area contributed by atoms with Gasteiger partial charge in [-0.1, -0.05) is 19.3 Å². The van der Waals surface area contributed by atoms with Gasteiger partial charge in [0, 0.05) is 6.04 Å². The Bertz CT molecular complexity index is 246. The Morgan fingerprint density at radius 2 is 1.73 bits per heavy atom. The molecule has 0 amide bonds. The molecule has 1 saturated carbocycles. The summed E-state index contributed by atoms with van der Waals surface area (Å²) in [5.41, 5.74) is 0. The lowest BCUT2D eigenvalue weighted by molar-refractivity contribution is 0.372. The zero-order valence-electron chi connectivity index (χ0n) is 9.46. The topological polar surface area (TPSA) is 58.2 Å². The molecule has 1 rings (SSSR count). The molecule has 0 unspecified atom stereocenters. The summed E-state index contributed by atoms with van der Waals surface area (Å²) in [6.45, 7) is 6.36. The fourth-order valence-corrected chi connectivity index (χ4v) is 1.97. The first-order valence-corrected chi connectivity index (χ1v) is 7.15. The summed E-state index contributed by atoms with van der Waals surface area (Å²) in [4.78, 5) is 0. The van der Waals surface area contributed by atoms with Gasteiger partial charge in [0.25, 0.3) is 0 Å². The summed E-state index contributed by atoms with van der Waals surface area (Å²) in [6, 6.07) is 0.503. The third kappa shape index (κ3) is 8.59. The van der Waals surface area contributed by atoms with Crippen molar-refractivity contribution in [3.63, 3.8) is 0 Å². The van der Waals surface area contributed by atoms with Crippen LogP contribution in [0.4, 0.5) is 0 Å². The molecule has 0 spiro atoms. The Kier molecular flexibility index (Phi) is 7.64. The van der Waals surface area contributed by atoms with Gasteiger partial charge in [-0.05, 0) is 12.8 Å². The Hall–Kier alpha value is -0.390. The van der Waals surface area contributed by atoms with Crippen LogP contribution in [0.15, 0.2) is 13.2 Å². The molecule has 1 aliphatic carbocycles. The Labute approximate surface area is 93.2 Å². The van der Waals surface area contributed by atoms with Crippen LogP contribution >= 0.6 is 0 Å². The second kappa shape index (κ2) is 7.84. The van der Waals surface area contributed by atoms with Crippen LogP contribution < -0.4 is 10.0 Å². The SMILES string of the molecule is C=C.CS(=O)(=O)NCNC1CCCCC1. The van der Waals surface area contributed by atoms with E-state index in [1.165, 1.54) is 38.4 Å². The second-order valence-corrected chi connectivity index (χ2v) is 5.47. The summed E-state index contributed by atoms with van der Waals surface area (Å²) in [5, 5.41) is 3.19. The van der Waals surface area contributed by atoms with Crippen molar-refractivity contribution >= 4 is 10.0 Å². The first-order chi connectivity index (χ1) is 7.08. The molecule has 90 valence electrons. The molecule has 15 heavy (non-hydrogen) atoms. The molecule has 0 aromatic rings. The lowest BCUT2D eigenvalue weighted by atomic mass is 9.96. The van der Waals surface area contributed by atoms with E-state index in [9.17, 15) is 8.42 Å². The van der Waals surface area contributed by atoms with Crippen molar-refractivity contribution in [1.29, 1.82) is 0 Å². The molecule has 1 fully saturated rings. The van der Waals surface area contributed by atoms with E-state index >= 15 is 0 Å². The van der Waals surface area contributed by atoms with Crippen LogP contribution in [0.3, 0.4) is 0 Å². The third-order valence-electron chi connectivity index (χ3n) is 2.33. The quantitative estimate of drug-likeness (QED) is 0.568. The highest BCUT2D eigenvalue weighted by molar-refractivity contribution is 7.88. The smallest absolute Gasteiger partial charge is 0.209 e. The summed E-state index contributed by atoms with van der Waals surface area (Å²) < 4.78 is 23.9. The van der Waals surface area contributed by atoms with Gasteiger partial charge in [0.15, 0.2) is 0 Å². The maximum absolute atomic E-state index is 10.7. The molecule has 4 nitrogen and oxygen atoms in total. The van der Waals surface area contributed by atoms with E-state index in [-0.39, 0.29) is 0 Å². The van der Waals surface area contributed by atoms with Crippen molar-refractivity contribution in [3.05, 3.63) is 13.2 Å². The lowest BCUT2D eigenvalue weighted by Gasteiger charge is -2.22. The van der Waals surface area contributed by atoms with Crippen LogP contribution in [-0.4, -0.2) is 27.4 Å². The minimum absolute atomic E-state index is 0.365. The van der Waals surface area contributed by atoms with Crippen LogP contribution in [0.2, 0.25) is 0 Å². The molecule has 5 heteroatoms. The van der Waals surface area contributed by atoms with Gasteiger partial charge in [-0.3, -0.25) is 0 Å². The van der Waals surface area contributed by atoms with Gasteiger partial charge in [0.2, 0.25) is 10.0 Å². The van der Waals surface area contributed by atoms with E-state index in [0.717, 1.165) is 0 Å². The molecule has 0 atom stereocenters. The monoisotopic (exact) mass is 234 g/mol. The van der Waals surface area contributed by atoms with E-state index in [4.69, 9.17) is 0 Å². The lowest BCUT2D eigenvalue weighted by Crippen LogP contribution is -2.40. The second-order valence-electron chi connectivity index (χ2n) is 3.63. The highest BCUT2D eigenvalue weighted by Gasteiger charge is 2.12. The van der Waals surface area contributed by atoms with Gasteiger partial charge in [0.05, 0.1) is 12.9 Å². The first-order valence-electron chi connectivity index (χ1n) is 5.26. The van der Waals surface area contributed by atoms with Crippen LogP contribution in [0.5, 0.6) is 0 Å². The van der Waals surface area contributed by atoms with Crippen molar-refractivity contribution in [1.82, 2.24) is 10.0 Å². The van der Waals surface area contributed by atoms with Gasteiger partial charge >= 0.3 is 0 Å². The Morgan fingerprint density at radius 1 is 1.20 bits per heavy atom. The van der Waals surface area contributed by atoms with E-state index in [0.29, 0.717) is 12.7 Å². The number of rotatable bonds is 4. The predicted molar refractivity (Wildman–Crippen MR) is 64.1 cm³/mol. The van der Waals surface area contributed by atoms with Crippen molar-refractivity contribution in [2.24, 2.45) is 0 Å². The number of nitrogens with one attached hydrogen (secondary N) is 2. The zero-order chi connectivity index (χ0) is 11.7. The number of hydrogen-bond donors (Lipinski definition) is 2. The van der Waals surface area contributed by atoms with Gasteiger partial charge in [-0.15, -0.1) is 13.2 Å². The van der Waals surface area contributed by atoms with Gasteiger partial charge in [0.1, 0.15) is 0 Å². The van der Waals surface area contributed by atoms with Gasteiger partial charge in [-0.25, -0.2) is 13.1 Å². The number of hydrogen-bond acceptors (Lipinski definition) is 3. The summed E-state index contributed by atoms with van der Waals surface area (Å²) >= 11 is 0. The van der Waals surface area contributed by atoms with Gasteiger partial charge in [-0.2, -0.15) is 0 Å². The van der Waals surface area contributed by atoms with Crippen molar-refractivity contribution in [2.45, 2.75) is 38.1 Å². The largest absolute Gasteiger partial charge is 0.301 e. The van der Waals surface area contributed by atoms with Crippen LogP contribution in [0.1, 0.15) is 32.1 Å². The average molecular weight is 234 g/mol. The van der Waals surface area contributed by atoms with Crippen LogP contribution in [0, 0.1) is 0 Å².